The summed E-state index contributed by atoms with van der Waals surface area (Å²) in [5.74, 6) is 0. The van der Waals surface area contributed by atoms with Crippen LogP contribution in [0.4, 0.5) is 0 Å². The minimum Gasteiger partial charge on any atom is -0.317 e. The highest BCUT2D eigenvalue weighted by molar-refractivity contribution is 7.77. The first kappa shape index (κ1) is 16.6. The van der Waals surface area contributed by atoms with E-state index in [1.54, 1.807) is 11.6 Å². The summed E-state index contributed by atoms with van der Waals surface area (Å²) < 4.78 is 23.5. The van der Waals surface area contributed by atoms with Crippen LogP contribution in [0.1, 0.15) is 5.56 Å². The lowest BCUT2D eigenvalue weighted by Crippen LogP contribution is -2.19. The predicted molar refractivity (Wildman–Crippen MR) is 97.1 cm³/mol. The number of rotatable bonds is 5. The Balaban J connectivity index is 2.03. The zero-order chi connectivity index (χ0) is 17.1. The number of aromatic nitrogens is 1. The van der Waals surface area contributed by atoms with Crippen molar-refractivity contribution in [2.45, 2.75) is 6.42 Å². The molecule has 0 aliphatic heterocycles. The summed E-state index contributed by atoms with van der Waals surface area (Å²) in [4.78, 5) is 12.3. The molecule has 124 valence electrons. The van der Waals surface area contributed by atoms with Crippen LogP contribution < -0.4 is 10.3 Å². The molecule has 2 aromatic carbocycles. The Labute approximate surface area is 142 Å². The van der Waals surface area contributed by atoms with Gasteiger partial charge in [-0.05, 0) is 29.0 Å². The van der Waals surface area contributed by atoms with E-state index < -0.39 is 11.3 Å². The van der Waals surface area contributed by atoms with Gasteiger partial charge < -0.3 is 4.57 Å². The summed E-state index contributed by atoms with van der Waals surface area (Å²) in [5.41, 5.74) is 3.06. The van der Waals surface area contributed by atoms with Crippen LogP contribution in [-0.2, 0) is 24.7 Å². The van der Waals surface area contributed by atoms with Gasteiger partial charge in [-0.1, -0.05) is 42.5 Å². The molecule has 1 atom stereocenters. The highest BCUT2D eigenvalue weighted by Crippen LogP contribution is 2.27. The van der Waals surface area contributed by atoms with Gasteiger partial charge >= 0.3 is 0 Å². The maximum Gasteiger partial charge on any atom is 0.258 e. The number of fused-ring (bicyclic) bond motifs is 1. The zero-order valence-electron chi connectivity index (χ0n) is 13.2. The molecule has 3 aromatic rings. The van der Waals surface area contributed by atoms with Crippen molar-refractivity contribution in [3.8, 4) is 11.1 Å². The van der Waals surface area contributed by atoms with Crippen molar-refractivity contribution in [2.24, 2.45) is 7.05 Å². The number of aryl methyl sites for hydroxylation is 1. The second-order valence-electron chi connectivity index (χ2n) is 5.60. The molecule has 0 spiro atoms. The zero-order valence-corrected chi connectivity index (χ0v) is 14.0. The normalized spacial score (nSPS) is 12.4. The average Bonchev–Trinajstić information content (AvgIpc) is 2.58. The topological polar surface area (TPSA) is 71.3 Å². The Hall–Kier alpha value is -2.28. The Morgan fingerprint density at radius 2 is 1.88 bits per heavy atom. The monoisotopic (exact) mass is 342 g/mol. The molecular weight excluding hydrogens is 324 g/mol. The second kappa shape index (κ2) is 7.09. The van der Waals surface area contributed by atoms with Gasteiger partial charge in [-0.2, -0.15) is 0 Å². The molecule has 0 radical (unpaired) electrons. The van der Waals surface area contributed by atoms with E-state index in [-0.39, 0.29) is 5.56 Å². The summed E-state index contributed by atoms with van der Waals surface area (Å²) >= 11 is -1.99. The predicted octanol–water partition coefficient (Wildman–Crippen LogP) is 2.47. The molecule has 1 unspecified atom stereocenters. The third-order valence-electron chi connectivity index (χ3n) is 3.97. The summed E-state index contributed by atoms with van der Waals surface area (Å²) in [6, 6.07) is 15.6. The molecule has 0 amide bonds. The smallest absolute Gasteiger partial charge is 0.258 e. The molecule has 5 nitrogen and oxygen atoms in total. The van der Waals surface area contributed by atoms with Crippen LogP contribution in [0.3, 0.4) is 0 Å². The Morgan fingerprint density at radius 3 is 2.62 bits per heavy atom. The molecule has 0 aliphatic carbocycles. The van der Waals surface area contributed by atoms with Crippen LogP contribution in [0.2, 0.25) is 0 Å². The summed E-state index contributed by atoms with van der Waals surface area (Å²) in [6.45, 7) is 0.417. The standard InChI is InChI=1S/C18H18N2O3S/c1-20-12-17(15-7-2-3-8-16(15)18(20)21)14-6-4-5-13(11-14)9-10-19-24(22)23/h2-8,11-12,19H,9-10H2,1H3,(H,22,23). The third-order valence-corrected chi connectivity index (χ3v) is 4.42. The summed E-state index contributed by atoms with van der Waals surface area (Å²) in [6.07, 6.45) is 2.49. The Kier molecular flexibility index (Phi) is 4.89. The fourth-order valence-electron chi connectivity index (χ4n) is 2.82. The fourth-order valence-corrected chi connectivity index (χ4v) is 3.10. The SMILES string of the molecule is Cn1cc(-c2cccc(CCNS(=O)O)c2)c2ccccc2c1=O. The van der Waals surface area contributed by atoms with Crippen molar-refractivity contribution in [1.82, 2.24) is 9.29 Å². The molecule has 6 heteroatoms. The molecule has 1 aromatic heterocycles. The van der Waals surface area contributed by atoms with Crippen LogP contribution >= 0.6 is 0 Å². The van der Waals surface area contributed by atoms with Crippen LogP contribution in [-0.4, -0.2) is 19.9 Å². The highest BCUT2D eigenvalue weighted by atomic mass is 32.2. The second-order valence-corrected chi connectivity index (χ2v) is 6.39. The van der Waals surface area contributed by atoms with Crippen molar-refractivity contribution < 1.29 is 8.76 Å². The van der Waals surface area contributed by atoms with Gasteiger partial charge in [0.15, 0.2) is 0 Å². The van der Waals surface area contributed by atoms with Gasteiger partial charge in [0.05, 0.1) is 0 Å². The molecule has 3 rings (SSSR count). The van der Waals surface area contributed by atoms with Gasteiger partial charge in [0, 0.05) is 30.7 Å². The first-order valence-electron chi connectivity index (χ1n) is 7.58. The fraction of sp³-hybridized carbons (Fsp3) is 0.167. The molecule has 2 N–H and O–H groups in total. The van der Waals surface area contributed by atoms with Gasteiger partial charge in [-0.3, -0.25) is 9.35 Å². The number of nitrogens with one attached hydrogen (secondary N) is 1. The lowest BCUT2D eigenvalue weighted by molar-refractivity contribution is 0.549. The van der Waals surface area contributed by atoms with E-state index in [0.717, 1.165) is 22.1 Å². The number of benzene rings is 2. The minimum absolute atomic E-state index is 0.0138. The molecule has 0 bridgehead atoms. The van der Waals surface area contributed by atoms with Gasteiger partial charge in [0.25, 0.3) is 5.56 Å². The van der Waals surface area contributed by atoms with Gasteiger partial charge in [0.1, 0.15) is 0 Å². The molecule has 24 heavy (non-hydrogen) atoms. The number of pyridine rings is 1. The summed E-state index contributed by atoms with van der Waals surface area (Å²) in [7, 11) is 1.75. The lowest BCUT2D eigenvalue weighted by Gasteiger charge is -2.11. The molecule has 0 saturated carbocycles. The van der Waals surface area contributed by atoms with Crippen LogP contribution in [0.25, 0.3) is 21.9 Å². The van der Waals surface area contributed by atoms with Crippen molar-refractivity contribution >= 4 is 22.0 Å². The highest BCUT2D eigenvalue weighted by Gasteiger charge is 2.09. The first-order valence-corrected chi connectivity index (χ1v) is 8.69. The first-order chi connectivity index (χ1) is 11.6. The molecular formula is C18H18N2O3S. The molecule has 0 aliphatic rings. The molecule has 0 saturated heterocycles. The van der Waals surface area contributed by atoms with E-state index in [1.807, 2.05) is 54.7 Å². The van der Waals surface area contributed by atoms with Gasteiger partial charge in [-0.25, -0.2) is 8.93 Å². The average molecular weight is 342 g/mol. The largest absolute Gasteiger partial charge is 0.317 e. The van der Waals surface area contributed by atoms with Crippen molar-refractivity contribution in [3.05, 3.63) is 70.6 Å². The van der Waals surface area contributed by atoms with Gasteiger partial charge in [-0.15, -0.1) is 0 Å². The van der Waals surface area contributed by atoms with E-state index >= 15 is 0 Å². The van der Waals surface area contributed by atoms with Gasteiger partial charge in [0.2, 0.25) is 11.3 Å². The summed E-state index contributed by atoms with van der Waals surface area (Å²) in [5, 5.41) is 1.62. The maximum absolute atomic E-state index is 12.3. The van der Waals surface area contributed by atoms with Crippen molar-refractivity contribution in [1.29, 1.82) is 0 Å². The lowest BCUT2D eigenvalue weighted by atomic mass is 9.98. The maximum atomic E-state index is 12.3. The Morgan fingerprint density at radius 1 is 1.12 bits per heavy atom. The molecule has 0 fully saturated rings. The quantitative estimate of drug-likeness (QED) is 0.700. The van der Waals surface area contributed by atoms with Crippen LogP contribution in [0, 0.1) is 0 Å². The van der Waals surface area contributed by atoms with Crippen molar-refractivity contribution in [3.63, 3.8) is 0 Å². The number of hydrogen-bond donors (Lipinski definition) is 2. The Bertz CT molecular complexity index is 966. The van der Waals surface area contributed by atoms with E-state index in [0.29, 0.717) is 18.4 Å². The number of nitrogens with zero attached hydrogens (tertiary/aromatic N) is 1. The van der Waals surface area contributed by atoms with E-state index in [4.69, 9.17) is 4.55 Å². The third kappa shape index (κ3) is 3.46. The van der Waals surface area contributed by atoms with Crippen LogP contribution in [0.15, 0.2) is 59.5 Å². The van der Waals surface area contributed by atoms with E-state index in [1.165, 1.54) is 0 Å². The van der Waals surface area contributed by atoms with Crippen LogP contribution in [0.5, 0.6) is 0 Å². The number of hydrogen-bond acceptors (Lipinski definition) is 2. The molecule has 1 heterocycles. The van der Waals surface area contributed by atoms with Crippen molar-refractivity contribution in [2.75, 3.05) is 6.54 Å². The van der Waals surface area contributed by atoms with E-state index in [2.05, 4.69) is 4.72 Å². The van der Waals surface area contributed by atoms with E-state index in [9.17, 15) is 9.00 Å². The minimum atomic E-state index is -1.99.